The van der Waals surface area contributed by atoms with Gasteiger partial charge in [0.2, 0.25) is 5.91 Å². The van der Waals surface area contributed by atoms with E-state index >= 15 is 0 Å². The Kier molecular flexibility index (Phi) is 5.67. The first-order valence-corrected chi connectivity index (χ1v) is 7.39. The maximum Gasteiger partial charge on any atom is 0.239 e. The molecule has 4 nitrogen and oxygen atoms in total. The molecule has 0 bridgehead atoms. The average molecular weight is 319 g/mol. The molecule has 0 aliphatic heterocycles. The highest BCUT2D eigenvalue weighted by Gasteiger charge is 2.10. The second kappa shape index (κ2) is 7.71. The lowest BCUT2D eigenvalue weighted by Crippen LogP contribution is -2.32. The zero-order valence-electron chi connectivity index (χ0n) is 12.6. The fourth-order valence-electron chi connectivity index (χ4n) is 2.09. The predicted octanol–water partition coefficient (Wildman–Crippen LogP) is 3.64. The van der Waals surface area contributed by atoms with Gasteiger partial charge in [-0.1, -0.05) is 35.9 Å². The van der Waals surface area contributed by atoms with Crippen molar-refractivity contribution in [3.8, 4) is 5.75 Å². The van der Waals surface area contributed by atoms with Crippen molar-refractivity contribution < 1.29 is 9.53 Å². The topological polar surface area (TPSA) is 50.4 Å². The van der Waals surface area contributed by atoms with Gasteiger partial charge >= 0.3 is 0 Å². The van der Waals surface area contributed by atoms with Crippen LogP contribution in [0.2, 0.25) is 5.02 Å². The standard InChI is InChI=1S/C17H19ClN2O2/c1-12(13-7-9-14(18)10-8-13)20-17(21)11-19-15-5-3-4-6-16(15)22-2/h3-10,12,19H,11H2,1-2H3,(H,20,21)/t12-/m1/s1. The molecule has 0 saturated carbocycles. The molecule has 0 aromatic heterocycles. The molecule has 0 spiro atoms. The van der Waals surface area contributed by atoms with Crippen LogP contribution in [0.1, 0.15) is 18.5 Å². The Labute approximate surface area is 135 Å². The van der Waals surface area contributed by atoms with Crippen molar-refractivity contribution in [2.75, 3.05) is 19.0 Å². The number of hydrogen-bond acceptors (Lipinski definition) is 3. The van der Waals surface area contributed by atoms with E-state index in [4.69, 9.17) is 16.3 Å². The van der Waals surface area contributed by atoms with Gasteiger partial charge in [0, 0.05) is 5.02 Å². The van der Waals surface area contributed by atoms with E-state index in [-0.39, 0.29) is 18.5 Å². The van der Waals surface area contributed by atoms with Crippen molar-refractivity contribution in [3.63, 3.8) is 0 Å². The first-order chi connectivity index (χ1) is 10.6. The Hall–Kier alpha value is -2.20. The summed E-state index contributed by atoms with van der Waals surface area (Å²) in [6, 6.07) is 14.8. The van der Waals surface area contributed by atoms with Gasteiger partial charge in [0.25, 0.3) is 0 Å². The van der Waals surface area contributed by atoms with Crippen LogP contribution in [-0.4, -0.2) is 19.6 Å². The van der Waals surface area contributed by atoms with Crippen molar-refractivity contribution in [1.82, 2.24) is 5.32 Å². The minimum Gasteiger partial charge on any atom is -0.495 e. The summed E-state index contributed by atoms with van der Waals surface area (Å²) in [5.74, 6) is 0.620. The van der Waals surface area contributed by atoms with Gasteiger partial charge < -0.3 is 15.4 Å². The molecule has 2 N–H and O–H groups in total. The lowest BCUT2D eigenvalue weighted by Gasteiger charge is -2.16. The molecular weight excluding hydrogens is 300 g/mol. The summed E-state index contributed by atoms with van der Waals surface area (Å²) < 4.78 is 5.23. The molecule has 1 atom stereocenters. The number of amides is 1. The smallest absolute Gasteiger partial charge is 0.239 e. The van der Waals surface area contributed by atoms with Gasteiger partial charge in [0.15, 0.2) is 0 Å². The van der Waals surface area contributed by atoms with Crippen molar-refractivity contribution in [3.05, 3.63) is 59.1 Å². The second-order valence-corrected chi connectivity index (χ2v) is 5.33. The number of nitrogens with one attached hydrogen (secondary N) is 2. The molecule has 22 heavy (non-hydrogen) atoms. The van der Waals surface area contributed by atoms with E-state index in [0.717, 1.165) is 11.3 Å². The largest absolute Gasteiger partial charge is 0.495 e. The van der Waals surface area contributed by atoms with Gasteiger partial charge in [-0.15, -0.1) is 0 Å². The molecule has 0 aliphatic rings. The van der Waals surface area contributed by atoms with Crippen LogP contribution in [-0.2, 0) is 4.79 Å². The molecule has 0 aliphatic carbocycles. The van der Waals surface area contributed by atoms with E-state index in [2.05, 4.69) is 10.6 Å². The third kappa shape index (κ3) is 4.40. The highest BCUT2D eigenvalue weighted by molar-refractivity contribution is 6.30. The van der Waals surface area contributed by atoms with Crippen LogP contribution >= 0.6 is 11.6 Å². The Morgan fingerprint density at radius 2 is 1.86 bits per heavy atom. The normalized spacial score (nSPS) is 11.6. The summed E-state index contributed by atoms with van der Waals surface area (Å²) in [5, 5.41) is 6.69. The molecule has 0 radical (unpaired) electrons. The Morgan fingerprint density at radius 1 is 1.18 bits per heavy atom. The van der Waals surface area contributed by atoms with Crippen LogP contribution < -0.4 is 15.4 Å². The fourth-order valence-corrected chi connectivity index (χ4v) is 2.22. The maximum atomic E-state index is 12.0. The summed E-state index contributed by atoms with van der Waals surface area (Å²) in [4.78, 5) is 12.0. The quantitative estimate of drug-likeness (QED) is 0.855. The van der Waals surface area contributed by atoms with E-state index in [9.17, 15) is 4.79 Å². The van der Waals surface area contributed by atoms with Gasteiger partial charge in [0.1, 0.15) is 5.75 Å². The van der Waals surface area contributed by atoms with Crippen molar-refractivity contribution in [1.29, 1.82) is 0 Å². The highest BCUT2D eigenvalue weighted by atomic mass is 35.5. The van der Waals surface area contributed by atoms with Gasteiger partial charge in [0.05, 0.1) is 25.4 Å². The Balaban J connectivity index is 1.88. The van der Waals surface area contributed by atoms with Crippen LogP contribution in [0.3, 0.4) is 0 Å². The first-order valence-electron chi connectivity index (χ1n) is 7.02. The monoisotopic (exact) mass is 318 g/mol. The van der Waals surface area contributed by atoms with Gasteiger partial charge in [-0.3, -0.25) is 4.79 Å². The molecule has 1 amide bonds. The van der Waals surface area contributed by atoms with Crippen molar-refractivity contribution >= 4 is 23.2 Å². The third-order valence-corrected chi connectivity index (χ3v) is 3.55. The second-order valence-electron chi connectivity index (χ2n) is 4.89. The highest BCUT2D eigenvalue weighted by Crippen LogP contribution is 2.22. The number of halogens is 1. The lowest BCUT2D eigenvalue weighted by atomic mass is 10.1. The van der Waals surface area contributed by atoms with Crippen molar-refractivity contribution in [2.24, 2.45) is 0 Å². The zero-order valence-corrected chi connectivity index (χ0v) is 13.4. The van der Waals surface area contributed by atoms with E-state index in [1.807, 2.05) is 55.5 Å². The predicted molar refractivity (Wildman–Crippen MR) is 89.5 cm³/mol. The molecule has 0 fully saturated rings. The maximum absolute atomic E-state index is 12.0. The molecule has 2 aromatic rings. The number of carbonyl (C=O) groups is 1. The van der Waals surface area contributed by atoms with E-state index < -0.39 is 0 Å². The summed E-state index contributed by atoms with van der Waals surface area (Å²) in [7, 11) is 1.60. The molecule has 116 valence electrons. The summed E-state index contributed by atoms with van der Waals surface area (Å²) in [5.41, 5.74) is 1.80. The number of ether oxygens (including phenoxy) is 1. The molecule has 2 rings (SSSR count). The number of methoxy groups -OCH3 is 1. The van der Waals surface area contributed by atoms with Gasteiger partial charge in [-0.05, 0) is 36.8 Å². The Morgan fingerprint density at radius 3 is 2.55 bits per heavy atom. The minimum atomic E-state index is -0.0895. The number of benzene rings is 2. The summed E-state index contributed by atoms with van der Waals surface area (Å²) >= 11 is 5.86. The number of rotatable bonds is 6. The average Bonchev–Trinajstić information content (AvgIpc) is 2.53. The van der Waals surface area contributed by atoms with Crippen LogP contribution in [0, 0.1) is 0 Å². The van der Waals surface area contributed by atoms with Gasteiger partial charge in [-0.2, -0.15) is 0 Å². The Bertz CT molecular complexity index is 629. The fraction of sp³-hybridized carbons (Fsp3) is 0.235. The van der Waals surface area contributed by atoms with E-state index in [0.29, 0.717) is 10.8 Å². The molecule has 0 unspecified atom stereocenters. The van der Waals surface area contributed by atoms with E-state index in [1.54, 1.807) is 7.11 Å². The lowest BCUT2D eigenvalue weighted by molar-refractivity contribution is -0.120. The molecule has 0 heterocycles. The number of para-hydroxylation sites is 2. The van der Waals surface area contributed by atoms with E-state index in [1.165, 1.54) is 0 Å². The molecule has 0 saturated heterocycles. The van der Waals surface area contributed by atoms with Gasteiger partial charge in [-0.25, -0.2) is 0 Å². The van der Waals surface area contributed by atoms with Crippen LogP contribution in [0.5, 0.6) is 5.75 Å². The minimum absolute atomic E-state index is 0.0794. The van der Waals surface area contributed by atoms with Crippen LogP contribution in [0.25, 0.3) is 0 Å². The third-order valence-electron chi connectivity index (χ3n) is 3.29. The first kappa shape index (κ1) is 16.2. The number of hydrogen-bond donors (Lipinski definition) is 2. The zero-order chi connectivity index (χ0) is 15.9. The molecule has 5 heteroatoms. The SMILES string of the molecule is COc1ccccc1NCC(=O)N[C@H](C)c1ccc(Cl)cc1. The number of anilines is 1. The summed E-state index contributed by atoms with van der Waals surface area (Å²) in [6.45, 7) is 2.11. The number of carbonyl (C=O) groups excluding carboxylic acids is 1. The summed E-state index contributed by atoms with van der Waals surface area (Å²) in [6.07, 6.45) is 0. The van der Waals surface area contributed by atoms with Crippen molar-refractivity contribution in [2.45, 2.75) is 13.0 Å². The van der Waals surface area contributed by atoms with Crippen LogP contribution in [0.4, 0.5) is 5.69 Å². The molecule has 2 aromatic carbocycles. The van der Waals surface area contributed by atoms with Crippen LogP contribution in [0.15, 0.2) is 48.5 Å². The molecular formula is C17H19ClN2O2.